The summed E-state index contributed by atoms with van der Waals surface area (Å²) < 4.78 is 20.7. The summed E-state index contributed by atoms with van der Waals surface area (Å²) in [4.78, 5) is 48.2. The van der Waals surface area contributed by atoms with Gasteiger partial charge < -0.3 is 29.2 Å². The van der Waals surface area contributed by atoms with Gasteiger partial charge in [0.1, 0.15) is 49.1 Å². The van der Waals surface area contributed by atoms with Crippen LogP contribution in [0.5, 0.6) is 11.5 Å². The summed E-state index contributed by atoms with van der Waals surface area (Å²) in [5, 5.41) is 19.3. The average molecular weight is 670 g/mol. The minimum atomic E-state index is -1.40. The van der Waals surface area contributed by atoms with Crippen LogP contribution in [0, 0.1) is 5.92 Å². The fourth-order valence-electron chi connectivity index (χ4n) is 3.86. The van der Waals surface area contributed by atoms with Gasteiger partial charge >= 0.3 is 11.9 Å². The molecule has 2 aromatic rings. The highest BCUT2D eigenvalue weighted by molar-refractivity contribution is 6.02. The first-order chi connectivity index (χ1) is 22.5. The number of rotatable bonds is 16. The van der Waals surface area contributed by atoms with Crippen molar-refractivity contribution in [1.29, 1.82) is 0 Å². The molecular formula is C37H51NO10. The number of ether oxygens (including phenoxy) is 4. The summed E-state index contributed by atoms with van der Waals surface area (Å²) in [5.74, 6) is 0.791. The SMILES string of the molecule is C=CC(=O)OCCOc1ccc(C(=O)C(C)(C)O)cc1.CC1CC1.CC1CN1CCC(=O)OCCOc1ccc(C(=O)C(C)(C)O)cc1. The van der Waals surface area contributed by atoms with Crippen LogP contribution in [-0.4, -0.2) is 95.4 Å². The quantitative estimate of drug-likeness (QED) is 0.0833. The maximum Gasteiger partial charge on any atom is 0.330 e. The van der Waals surface area contributed by atoms with Gasteiger partial charge in [0.05, 0.1) is 6.42 Å². The molecule has 2 fully saturated rings. The Hall–Kier alpha value is -4.06. The van der Waals surface area contributed by atoms with Crippen molar-refractivity contribution < 1.29 is 48.3 Å². The van der Waals surface area contributed by atoms with Crippen LogP contribution in [0.3, 0.4) is 0 Å². The smallest absolute Gasteiger partial charge is 0.330 e. The second kappa shape index (κ2) is 19.1. The van der Waals surface area contributed by atoms with Crippen molar-refractivity contribution in [2.75, 3.05) is 39.5 Å². The molecule has 0 spiro atoms. The van der Waals surface area contributed by atoms with E-state index in [2.05, 4.69) is 25.3 Å². The molecule has 48 heavy (non-hydrogen) atoms. The number of carbonyl (C=O) groups is 4. The van der Waals surface area contributed by atoms with E-state index in [1.807, 2.05) is 0 Å². The van der Waals surface area contributed by atoms with Crippen molar-refractivity contribution >= 4 is 23.5 Å². The summed E-state index contributed by atoms with van der Waals surface area (Å²) >= 11 is 0. The summed E-state index contributed by atoms with van der Waals surface area (Å²) in [5.41, 5.74) is -1.97. The van der Waals surface area contributed by atoms with E-state index in [4.69, 9.17) is 18.9 Å². The number of Topliss-reactive ketones (excluding diaryl/α,β-unsaturated/α-hetero) is 2. The third-order valence-electron chi connectivity index (χ3n) is 7.18. The molecule has 0 amide bonds. The van der Waals surface area contributed by atoms with Crippen molar-refractivity contribution in [2.45, 2.75) is 78.0 Å². The highest BCUT2D eigenvalue weighted by Crippen LogP contribution is 2.26. The van der Waals surface area contributed by atoms with Gasteiger partial charge in [0.2, 0.25) is 0 Å². The van der Waals surface area contributed by atoms with Crippen LogP contribution in [0.15, 0.2) is 61.2 Å². The molecule has 2 N–H and O–H groups in total. The molecule has 1 saturated heterocycles. The summed E-state index contributed by atoms with van der Waals surface area (Å²) in [7, 11) is 0. The molecule has 11 nitrogen and oxygen atoms in total. The van der Waals surface area contributed by atoms with Crippen molar-refractivity contribution in [1.82, 2.24) is 4.90 Å². The van der Waals surface area contributed by atoms with Crippen LogP contribution >= 0.6 is 0 Å². The maximum absolute atomic E-state index is 11.9. The molecule has 2 unspecified atom stereocenters. The molecule has 1 aliphatic carbocycles. The van der Waals surface area contributed by atoms with Gasteiger partial charge in [-0.3, -0.25) is 19.3 Å². The monoisotopic (exact) mass is 669 g/mol. The minimum absolute atomic E-state index is 0.120. The third-order valence-corrected chi connectivity index (χ3v) is 7.18. The van der Waals surface area contributed by atoms with Gasteiger partial charge in [-0.15, -0.1) is 0 Å². The summed E-state index contributed by atoms with van der Waals surface area (Å²) in [6, 6.07) is 13.5. The van der Waals surface area contributed by atoms with E-state index in [0.29, 0.717) is 35.1 Å². The van der Waals surface area contributed by atoms with E-state index < -0.39 is 17.2 Å². The Bertz CT molecular complexity index is 1340. The largest absolute Gasteiger partial charge is 0.490 e. The van der Waals surface area contributed by atoms with Crippen LogP contribution in [0.1, 0.15) is 81.5 Å². The van der Waals surface area contributed by atoms with Crippen molar-refractivity contribution in [3.63, 3.8) is 0 Å². The number of carbonyl (C=O) groups excluding carboxylic acids is 4. The first-order valence-electron chi connectivity index (χ1n) is 16.2. The van der Waals surface area contributed by atoms with Crippen LogP contribution in [0.4, 0.5) is 0 Å². The number of esters is 2. The van der Waals surface area contributed by atoms with E-state index in [1.165, 1.54) is 40.5 Å². The van der Waals surface area contributed by atoms with Gasteiger partial charge in [-0.05, 0) is 89.1 Å². The zero-order valence-electron chi connectivity index (χ0n) is 29.0. The van der Waals surface area contributed by atoms with E-state index in [9.17, 15) is 29.4 Å². The predicted octanol–water partition coefficient (Wildman–Crippen LogP) is 4.82. The highest BCUT2D eigenvalue weighted by Gasteiger charge is 2.29. The zero-order valence-corrected chi connectivity index (χ0v) is 29.0. The number of hydrogen-bond donors (Lipinski definition) is 2. The Morgan fingerprint density at radius 2 is 1.17 bits per heavy atom. The lowest BCUT2D eigenvalue weighted by atomic mass is 9.97. The van der Waals surface area contributed by atoms with Gasteiger partial charge in [-0.2, -0.15) is 0 Å². The number of aliphatic hydroxyl groups is 2. The normalized spacial score (nSPS) is 16.5. The molecule has 11 heteroatoms. The van der Waals surface area contributed by atoms with Crippen LogP contribution in [0.2, 0.25) is 0 Å². The Labute approximate surface area is 283 Å². The molecule has 264 valence electrons. The highest BCUT2D eigenvalue weighted by atomic mass is 16.6. The number of hydrogen-bond acceptors (Lipinski definition) is 11. The summed E-state index contributed by atoms with van der Waals surface area (Å²) in [6.07, 6.45) is 4.45. The summed E-state index contributed by atoms with van der Waals surface area (Å²) in [6.45, 7) is 16.0. The first kappa shape index (κ1) is 40.1. The minimum Gasteiger partial charge on any atom is -0.490 e. The molecule has 0 bridgehead atoms. The molecule has 2 aliphatic rings. The molecule has 4 rings (SSSR count). The number of benzene rings is 2. The van der Waals surface area contributed by atoms with Gasteiger partial charge in [0.25, 0.3) is 0 Å². The van der Waals surface area contributed by atoms with Crippen molar-refractivity contribution in [3.8, 4) is 11.5 Å². The molecule has 0 aromatic heterocycles. The molecule has 2 atom stereocenters. The van der Waals surface area contributed by atoms with Gasteiger partial charge in [0.15, 0.2) is 11.6 Å². The number of nitrogens with zero attached hydrogens (tertiary/aromatic N) is 1. The third kappa shape index (κ3) is 16.2. The second-order valence-electron chi connectivity index (χ2n) is 12.9. The standard InChI is InChI=1S/C18H25NO5.C15H18O5.C4H8/c1-13-12-19(13)9-8-16(20)24-11-10-23-15-6-4-14(5-7-15)17(21)18(2,3)22;1-4-13(16)20-10-9-19-12-7-5-11(6-8-12)14(17)15(2,3)18;1-4-2-3-4/h4-7,13,22H,8-12H2,1-3H3;4-8,18H,1,9-10H2,2-3H3;4H,2-3H2,1H3. The first-order valence-corrected chi connectivity index (χ1v) is 16.2. The van der Waals surface area contributed by atoms with Crippen LogP contribution in [0.25, 0.3) is 0 Å². The fraction of sp³-hybridized carbons (Fsp3) is 0.514. The topological polar surface area (TPSA) is 149 Å². The van der Waals surface area contributed by atoms with Gasteiger partial charge in [-0.25, -0.2) is 4.79 Å². The molecule has 1 aliphatic heterocycles. The molecule has 0 radical (unpaired) electrons. The van der Waals surface area contributed by atoms with E-state index >= 15 is 0 Å². The van der Waals surface area contributed by atoms with E-state index in [1.54, 1.807) is 48.5 Å². The Morgan fingerprint density at radius 3 is 1.50 bits per heavy atom. The van der Waals surface area contributed by atoms with Crippen molar-refractivity contribution in [3.05, 3.63) is 72.3 Å². The molecule has 2 aromatic carbocycles. The Balaban J connectivity index is 0.000000302. The Kier molecular flexibility index (Phi) is 15.9. The number of ketones is 2. The lowest BCUT2D eigenvalue weighted by Crippen LogP contribution is -2.30. The Morgan fingerprint density at radius 1 is 0.771 bits per heavy atom. The fourth-order valence-corrected chi connectivity index (χ4v) is 3.86. The van der Waals surface area contributed by atoms with Gasteiger partial charge in [-0.1, -0.05) is 26.3 Å². The van der Waals surface area contributed by atoms with Crippen molar-refractivity contribution in [2.24, 2.45) is 5.92 Å². The maximum atomic E-state index is 11.9. The predicted molar refractivity (Wildman–Crippen MR) is 181 cm³/mol. The zero-order chi connectivity index (χ0) is 35.9. The lowest BCUT2D eigenvalue weighted by molar-refractivity contribution is -0.144. The van der Waals surface area contributed by atoms with E-state index in [0.717, 1.165) is 25.1 Å². The van der Waals surface area contributed by atoms with E-state index in [-0.39, 0.29) is 44.0 Å². The lowest BCUT2D eigenvalue weighted by Gasteiger charge is -2.15. The molecule has 1 heterocycles. The van der Waals surface area contributed by atoms with Crippen LogP contribution in [-0.2, 0) is 19.1 Å². The van der Waals surface area contributed by atoms with Crippen LogP contribution < -0.4 is 9.47 Å². The molecular weight excluding hydrogens is 618 g/mol. The molecule has 1 saturated carbocycles. The average Bonchev–Trinajstić information content (AvgIpc) is 3.98. The second-order valence-corrected chi connectivity index (χ2v) is 12.9. The van der Waals surface area contributed by atoms with Gasteiger partial charge in [0, 0.05) is 36.3 Å².